The van der Waals surface area contributed by atoms with Crippen molar-refractivity contribution in [2.75, 3.05) is 6.54 Å². The van der Waals surface area contributed by atoms with Gasteiger partial charge in [-0.05, 0) is 37.5 Å². The number of carboxylic acid groups (broad SMARTS) is 1. The second-order valence-corrected chi connectivity index (χ2v) is 5.16. The second-order valence-electron chi connectivity index (χ2n) is 5.16. The summed E-state index contributed by atoms with van der Waals surface area (Å²) < 4.78 is 0. The van der Waals surface area contributed by atoms with Crippen molar-refractivity contribution in [1.82, 2.24) is 4.90 Å². The zero-order valence-electron chi connectivity index (χ0n) is 8.35. The van der Waals surface area contributed by atoms with Crippen LogP contribution in [0.15, 0.2) is 0 Å². The lowest BCUT2D eigenvalue weighted by molar-refractivity contribution is -0.159. The first-order chi connectivity index (χ1) is 6.75. The number of rotatable bonds is 2. The van der Waals surface area contributed by atoms with Gasteiger partial charge in [-0.15, -0.1) is 0 Å². The van der Waals surface area contributed by atoms with Crippen molar-refractivity contribution in [3.63, 3.8) is 0 Å². The molecule has 2 saturated carbocycles. The van der Waals surface area contributed by atoms with Gasteiger partial charge in [-0.1, -0.05) is 6.42 Å². The molecule has 0 aromatic carbocycles. The van der Waals surface area contributed by atoms with Crippen LogP contribution in [-0.4, -0.2) is 34.6 Å². The van der Waals surface area contributed by atoms with Crippen molar-refractivity contribution >= 4 is 5.97 Å². The van der Waals surface area contributed by atoms with Crippen LogP contribution in [0.4, 0.5) is 0 Å². The third kappa shape index (κ3) is 1.11. The van der Waals surface area contributed by atoms with Gasteiger partial charge in [0.15, 0.2) is 0 Å². The lowest BCUT2D eigenvalue weighted by atomic mass is 9.65. The Morgan fingerprint density at radius 3 is 2.50 bits per heavy atom. The van der Waals surface area contributed by atoms with E-state index >= 15 is 0 Å². The van der Waals surface area contributed by atoms with E-state index in [0.717, 1.165) is 12.5 Å². The fourth-order valence-corrected chi connectivity index (χ4v) is 3.31. The van der Waals surface area contributed by atoms with Crippen LogP contribution in [0.3, 0.4) is 0 Å². The Balaban J connectivity index is 1.77. The summed E-state index contributed by atoms with van der Waals surface area (Å²) >= 11 is 0. The highest BCUT2D eigenvalue weighted by Gasteiger charge is 2.50. The lowest BCUT2D eigenvalue weighted by Gasteiger charge is -2.55. The van der Waals surface area contributed by atoms with Gasteiger partial charge in [0, 0.05) is 12.6 Å². The molecule has 0 aromatic rings. The lowest BCUT2D eigenvalue weighted by Crippen LogP contribution is -2.63. The van der Waals surface area contributed by atoms with E-state index in [1.165, 1.54) is 32.1 Å². The predicted octanol–water partition coefficient (Wildman–Crippen LogP) is 1.33. The smallest absolute Gasteiger partial charge is 0.321 e. The van der Waals surface area contributed by atoms with Gasteiger partial charge in [-0.25, -0.2) is 0 Å². The molecule has 0 radical (unpaired) electrons. The summed E-state index contributed by atoms with van der Waals surface area (Å²) in [4.78, 5) is 13.5. The van der Waals surface area contributed by atoms with E-state index in [1.54, 1.807) is 0 Å². The standard InChI is InChI=1S/C11H17NO2/c13-11(14)10-8-4-7(5-8)6-12(10)9-2-1-3-9/h7-10H,1-6H2,(H,13,14). The molecule has 0 amide bonds. The number of hydrogen-bond acceptors (Lipinski definition) is 2. The molecule has 1 unspecified atom stereocenters. The number of carbonyl (C=O) groups is 1. The van der Waals surface area contributed by atoms with Crippen molar-refractivity contribution in [1.29, 1.82) is 0 Å². The molecule has 78 valence electrons. The van der Waals surface area contributed by atoms with E-state index in [2.05, 4.69) is 4.90 Å². The summed E-state index contributed by atoms with van der Waals surface area (Å²) in [5.74, 6) is 0.697. The van der Waals surface area contributed by atoms with Gasteiger partial charge >= 0.3 is 5.97 Å². The monoisotopic (exact) mass is 195 g/mol. The van der Waals surface area contributed by atoms with E-state index in [4.69, 9.17) is 0 Å². The molecule has 4 fully saturated rings. The molecule has 2 heterocycles. The van der Waals surface area contributed by atoms with E-state index < -0.39 is 5.97 Å². The van der Waals surface area contributed by atoms with Crippen LogP contribution in [0, 0.1) is 11.8 Å². The maximum absolute atomic E-state index is 11.2. The SMILES string of the molecule is O=C(O)C1C2CC(C2)CN1C1CCC1. The fourth-order valence-electron chi connectivity index (χ4n) is 3.31. The number of hydrogen-bond donors (Lipinski definition) is 1. The number of fused-ring (bicyclic) bond motifs is 2. The maximum atomic E-state index is 11.2. The van der Waals surface area contributed by atoms with Crippen LogP contribution in [0.1, 0.15) is 32.1 Å². The van der Waals surface area contributed by atoms with Crippen LogP contribution < -0.4 is 0 Å². The van der Waals surface area contributed by atoms with Gasteiger partial charge in [0.25, 0.3) is 0 Å². The Bertz CT molecular complexity index is 256. The number of nitrogens with zero attached hydrogens (tertiary/aromatic N) is 1. The van der Waals surface area contributed by atoms with E-state index in [0.29, 0.717) is 12.0 Å². The Morgan fingerprint density at radius 2 is 2.00 bits per heavy atom. The molecule has 2 aliphatic carbocycles. The maximum Gasteiger partial charge on any atom is 0.321 e. The van der Waals surface area contributed by atoms with E-state index in [9.17, 15) is 9.90 Å². The van der Waals surface area contributed by atoms with E-state index in [-0.39, 0.29) is 6.04 Å². The average molecular weight is 195 g/mol. The molecule has 1 atom stereocenters. The molecule has 3 nitrogen and oxygen atoms in total. The van der Waals surface area contributed by atoms with Crippen LogP contribution >= 0.6 is 0 Å². The van der Waals surface area contributed by atoms with Crippen molar-refractivity contribution in [2.24, 2.45) is 11.8 Å². The molecule has 0 aromatic heterocycles. The molecule has 2 saturated heterocycles. The number of carboxylic acids is 1. The van der Waals surface area contributed by atoms with Crippen LogP contribution in [-0.2, 0) is 4.79 Å². The predicted molar refractivity (Wildman–Crippen MR) is 52.0 cm³/mol. The zero-order valence-corrected chi connectivity index (χ0v) is 8.35. The molecule has 3 heteroatoms. The minimum atomic E-state index is -0.583. The van der Waals surface area contributed by atoms with Gasteiger partial charge in [-0.2, -0.15) is 0 Å². The third-order valence-electron chi connectivity index (χ3n) is 4.34. The van der Waals surface area contributed by atoms with Crippen LogP contribution in [0.25, 0.3) is 0 Å². The van der Waals surface area contributed by atoms with Crippen LogP contribution in [0.5, 0.6) is 0 Å². The first-order valence-electron chi connectivity index (χ1n) is 5.74. The first kappa shape index (κ1) is 8.72. The largest absolute Gasteiger partial charge is 0.480 e. The minimum Gasteiger partial charge on any atom is -0.480 e. The van der Waals surface area contributed by atoms with Crippen molar-refractivity contribution in [3.8, 4) is 0 Å². The van der Waals surface area contributed by atoms with Gasteiger partial charge < -0.3 is 5.11 Å². The average Bonchev–Trinajstić information content (AvgIpc) is 1.98. The van der Waals surface area contributed by atoms with Gasteiger partial charge in [0.2, 0.25) is 0 Å². The summed E-state index contributed by atoms with van der Waals surface area (Å²) in [6.07, 6.45) is 6.08. The van der Waals surface area contributed by atoms with Crippen LogP contribution in [0.2, 0.25) is 0 Å². The summed E-state index contributed by atoms with van der Waals surface area (Å²) in [5, 5.41) is 9.23. The van der Waals surface area contributed by atoms with Crippen molar-refractivity contribution < 1.29 is 9.90 Å². The third-order valence-corrected chi connectivity index (χ3v) is 4.34. The molecule has 4 aliphatic rings. The number of aliphatic carboxylic acids is 1. The molecule has 2 bridgehead atoms. The summed E-state index contributed by atoms with van der Waals surface area (Å²) in [5.41, 5.74) is 0. The fraction of sp³-hybridized carbons (Fsp3) is 0.909. The van der Waals surface area contributed by atoms with Gasteiger partial charge in [-0.3, -0.25) is 9.69 Å². The summed E-state index contributed by atoms with van der Waals surface area (Å²) in [6.45, 7) is 1.05. The normalized spacial score (nSPS) is 42.7. The highest BCUT2D eigenvalue weighted by atomic mass is 16.4. The highest BCUT2D eigenvalue weighted by Crippen LogP contribution is 2.46. The van der Waals surface area contributed by atoms with E-state index in [1.807, 2.05) is 0 Å². The van der Waals surface area contributed by atoms with Crippen molar-refractivity contribution in [2.45, 2.75) is 44.2 Å². The first-order valence-corrected chi connectivity index (χ1v) is 5.74. The second kappa shape index (κ2) is 2.96. The Labute approximate surface area is 84.1 Å². The topological polar surface area (TPSA) is 40.5 Å². The highest BCUT2D eigenvalue weighted by molar-refractivity contribution is 5.74. The molecule has 2 aliphatic heterocycles. The summed E-state index contributed by atoms with van der Waals surface area (Å²) in [6, 6.07) is 0.451. The van der Waals surface area contributed by atoms with Gasteiger partial charge in [0.1, 0.15) is 6.04 Å². The molecular formula is C11H17NO2. The number of piperidine rings is 2. The quantitative estimate of drug-likeness (QED) is 0.722. The van der Waals surface area contributed by atoms with Gasteiger partial charge in [0.05, 0.1) is 0 Å². The van der Waals surface area contributed by atoms with Crippen molar-refractivity contribution in [3.05, 3.63) is 0 Å². The Morgan fingerprint density at radius 1 is 1.29 bits per heavy atom. The molecule has 1 N–H and O–H groups in total. The Hall–Kier alpha value is -0.570. The zero-order chi connectivity index (χ0) is 9.71. The molecule has 14 heavy (non-hydrogen) atoms. The molecular weight excluding hydrogens is 178 g/mol. The molecule has 0 spiro atoms. The Kier molecular flexibility index (Phi) is 1.84. The molecule has 4 rings (SSSR count). The summed E-state index contributed by atoms with van der Waals surface area (Å²) in [7, 11) is 0. The minimum absolute atomic E-state index is 0.148.